The fourth-order valence-corrected chi connectivity index (χ4v) is 1.62. The molecule has 0 bridgehead atoms. The SMILES string of the molecule is COC(=O)CCNC(=O)C(N)CCc1ccccc1. The van der Waals surface area contributed by atoms with Crippen molar-refractivity contribution in [3.05, 3.63) is 35.9 Å². The van der Waals surface area contributed by atoms with Gasteiger partial charge in [-0.25, -0.2) is 0 Å². The van der Waals surface area contributed by atoms with Crippen molar-refractivity contribution in [1.29, 1.82) is 0 Å². The first-order valence-corrected chi connectivity index (χ1v) is 6.27. The quantitative estimate of drug-likeness (QED) is 0.708. The summed E-state index contributed by atoms with van der Waals surface area (Å²) in [6.07, 6.45) is 1.49. The zero-order valence-electron chi connectivity index (χ0n) is 11.1. The summed E-state index contributed by atoms with van der Waals surface area (Å²) in [5.74, 6) is -0.585. The topological polar surface area (TPSA) is 81.4 Å². The third-order valence-electron chi connectivity index (χ3n) is 2.78. The van der Waals surface area contributed by atoms with Gasteiger partial charge >= 0.3 is 5.97 Å². The molecular formula is C14H20N2O3. The van der Waals surface area contributed by atoms with Gasteiger partial charge in [-0.15, -0.1) is 0 Å². The van der Waals surface area contributed by atoms with E-state index in [0.717, 1.165) is 12.0 Å². The van der Waals surface area contributed by atoms with Crippen molar-refractivity contribution in [3.8, 4) is 0 Å². The molecule has 0 spiro atoms. The molecular weight excluding hydrogens is 244 g/mol. The van der Waals surface area contributed by atoms with E-state index in [1.807, 2.05) is 30.3 Å². The second-order valence-electron chi connectivity index (χ2n) is 4.25. The molecule has 0 aliphatic carbocycles. The number of nitrogens with one attached hydrogen (secondary N) is 1. The van der Waals surface area contributed by atoms with E-state index in [1.165, 1.54) is 7.11 Å². The zero-order valence-corrected chi connectivity index (χ0v) is 11.1. The minimum atomic E-state index is -0.558. The van der Waals surface area contributed by atoms with E-state index in [4.69, 9.17) is 5.73 Å². The van der Waals surface area contributed by atoms with Crippen molar-refractivity contribution in [2.45, 2.75) is 25.3 Å². The average molecular weight is 264 g/mol. The number of carbonyl (C=O) groups is 2. The van der Waals surface area contributed by atoms with Crippen LogP contribution < -0.4 is 11.1 Å². The lowest BCUT2D eigenvalue weighted by Gasteiger charge is -2.11. The van der Waals surface area contributed by atoms with Crippen LogP contribution in [0.1, 0.15) is 18.4 Å². The smallest absolute Gasteiger partial charge is 0.307 e. The standard InChI is InChI=1S/C14H20N2O3/c1-19-13(17)9-10-16-14(18)12(15)8-7-11-5-3-2-4-6-11/h2-6,12H,7-10,15H2,1H3,(H,16,18). The predicted molar refractivity (Wildman–Crippen MR) is 72.4 cm³/mol. The summed E-state index contributed by atoms with van der Waals surface area (Å²) in [4.78, 5) is 22.5. The van der Waals surface area contributed by atoms with Gasteiger partial charge in [0, 0.05) is 6.54 Å². The molecule has 0 heterocycles. The van der Waals surface area contributed by atoms with Gasteiger partial charge in [0.15, 0.2) is 0 Å². The molecule has 1 amide bonds. The molecule has 19 heavy (non-hydrogen) atoms. The van der Waals surface area contributed by atoms with Crippen LogP contribution in [0.15, 0.2) is 30.3 Å². The highest BCUT2D eigenvalue weighted by Crippen LogP contribution is 2.04. The van der Waals surface area contributed by atoms with Gasteiger partial charge in [-0.3, -0.25) is 9.59 Å². The Hall–Kier alpha value is -1.88. The number of methoxy groups -OCH3 is 1. The molecule has 1 unspecified atom stereocenters. The van der Waals surface area contributed by atoms with Crippen LogP contribution in [-0.4, -0.2) is 31.6 Å². The number of ether oxygens (including phenoxy) is 1. The normalized spacial score (nSPS) is 11.7. The first-order chi connectivity index (χ1) is 9.13. The lowest BCUT2D eigenvalue weighted by Crippen LogP contribution is -2.41. The molecule has 5 nitrogen and oxygen atoms in total. The minimum Gasteiger partial charge on any atom is -0.469 e. The van der Waals surface area contributed by atoms with Gasteiger partial charge in [0.1, 0.15) is 0 Å². The Morgan fingerprint density at radius 3 is 2.63 bits per heavy atom. The molecule has 1 aromatic rings. The first-order valence-electron chi connectivity index (χ1n) is 6.27. The van der Waals surface area contributed by atoms with E-state index >= 15 is 0 Å². The van der Waals surface area contributed by atoms with Gasteiger partial charge in [-0.1, -0.05) is 30.3 Å². The fourth-order valence-electron chi connectivity index (χ4n) is 1.62. The van der Waals surface area contributed by atoms with Crippen molar-refractivity contribution >= 4 is 11.9 Å². The molecule has 0 aliphatic heterocycles. The molecule has 0 fully saturated rings. The molecule has 1 aromatic carbocycles. The highest BCUT2D eigenvalue weighted by molar-refractivity contribution is 5.82. The Kier molecular flexibility index (Phi) is 6.60. The Bertz CT molecular complexity index is 406. The Morgan fingerprint density at radius 1 is 1.32 bits per heavy atom. The van der Waals surface area contributed by atoms with Gasteiger partial charge in [-0.2, -0.15) is 0 Å². The maximum Gasteiger partial charge on any atom is 0.307 e. The van der Waals surface area contributed by atoms with Crippen LogP contribution in [0, 0.1) is 0 Å². The Balaban J connectivity index is 2.23. The van der Waals surface area contributed by atoms with Crippen molar-refractivity contribution in [2.24, 2.45) is 5.73 Å². The molecule has 1 atom stereocenters. The molecule has 5 heteroatoms. The number of carbonyl (C=O) groups excluding carboxylic acids is 2. The molecule has 0 radical (unpaired) electrons. The lowest BCUT2D eigenvalue weighted by atomic mass is 10.1. The van der Waals surface area contributed by atoms with Crippen molar-refractivity contribution in [3.63, 3.8) is 0 Å². The van der Waals surface area contributed by atoms with Gasteiger partial charge < -0.3 is 15.8 Å². The Labute approximate surface area is 113 Å². The van der Waals surface area contributed by atoms with E-state index in [2.05, 4.69) is 10.1 Å². The second-order valence-corrected chi connectivity index (χ2v) is 4.25. The van der Waals surface area contributed by atoms with Crippen LogP contribution in [0.4, 0.5) is 0 Å². The third kappa shape index (κ3) is 6.01. The summed E-state index contributed by atoms with van der Waals surface area (Å²) in [6.45, 7) is 0.255. The van der Waals surface area contributed by atoms with E-state index < -0.39 is 6.04 Å². The van der Waals surface area contributed by atoms with E-state index in [-0.39, 0.29) is 24.8 Å². The predicted octanol–water partition coefficient (Wildman–Crippen LogP) is 0.626. The molecule has 1 rings (SSSR count). The van der Waals surface area contributed by atoms with Crippen LogP contribution in [0.25, 0.3) is 0 Å². The molecule has 3 N–H and O–H groups in total. The molecule has 104 valence electrons. The van der Waals surface area contributed by atoms with Crippen LogP contribution in [-0.2, 0) is 20.7 Å². The fraction of sp³-hybridized carbons (Fsp3) is 0.429. The molecule has 0 saturated heterocycles. The summed E-state index contributed by atoms with van der Waals surface area (Å²) in [5.41, 5.74) is 6.94. The highest BCUT2D eigenvalue weighted by atomic mass is 16.5. The molecule has 0 aliphatic rings. The summed E-state index contributed by atoms with van der Waals surface area (Å²) in [6, 6.07) is 9.30. The van der Waals surface area contributed by atoms with Crippen molar-refractivity contribution in [2.75, 3.05) is 13.7 Å². The van der Waals surface area contributed by atoms with Crippen LogP contribution in [0.3, 0.4) is 0 Å². The number of hydrogen-bond donors (Lipinski definition) is 2. The lowest BCUT2D eigenvalue weighted by molar-refractivity contribution is -0.140. The average Bonchev–Trinajstić information content (AvgIpc) is 2.45. The third-order valence-corrected chi connectivity index (χ3v) is 2.78. The summed E-state index contributed by atoms with van der Waals surface area (Å²) >= 11 is 0. The largest absolute Gasteiger partial charge is 0.469 e. The number of benzene rings is 1. The number of esters is 1. The van der Waals surface area contributed by atoms with Crippen LogP contribution in [0.2, 0.25) is 0 Å². The van der Waals surface area contributed by atoms with Gasteiger partial charge in [0.05, 0.1) is 19.6 Å². The second kappa shape index (κ2) is 8.26. The van der Waals surface area contributed by atoms with E-state index in [1.54, 1.807) is 0 Å². The maximum absolute atomic E-state index is 11.6. The monoisotopic (exact) mass is 264 g/mol. The summed E-state index contributed by atoms with van der Waals surface area (Å²) in [5, 5.41) is 2.62. The van der Waals surface area contributed by atoms with Gasteiger partial charge in [0.25, 0.3) is 0 Å². The number of aryl methyl sites for hydroxylation is 1. The first kappa shape index (κ1) is 15.2. The van der Waals surface area contributed by atoms with Gasteiger partial charge in [0.2, 0.25) is 5.91 Å². The highest BCUT2D eigenvalue weighted by Gasteiger charge is 2.13. The zero-order chi connectivity index (χ0) is 14.1. The number of rotatable bonds is 7. The maximum atomic E-state index is 11.6. The summed E-state index contributed by atoms with van der Waals surface area (Å²) < 4.78 is 4.48. The number of amides is 1. The van der Waals surface area contributed by atoms with Crippen molar-refractivity contribution < 1.29 is 14.3 Å². The number of hydrogen-bond acceptors (Lipinski definition) is 4. The summed E-state index contributed by atoms with van der Waals surface area (Å²) in [7, 11) is 1.32. The molecule has 0 saturated carbocycles. The van der Waals surface area contributed by atoms with Gasteiger partial charge in [-0.05, 0) is 18.4 Å². The van der Waals surface area contributed by atoms with Crippen LogP contribution >= 0.6 is 0 Å². The number of nitrogens with two attached hydrogens (primary N) is 1. The minimum absolute atomic E-state index is 0.160. The molecule has 0 aromatic heterocycles. The van der Waals surface area contributed by atoms with Crippen LogP contribution in [0.5, 0.6) is 0 Å². The van der Waals surface area contributed by atoms with E-state index in [0.29, 0.717) is 6.42 Å². The van der Waals surface area contributed by atoms with E-state index in [9.17, 15) is 9.59 Å². The van der Waals surface area contributed by atoms with Crippen molar-refractivity contribution in [1.82, 2.24) is 5.32 Å². The Morgan fingerprint density at radius 2 is 2.00 bits per heavy atom.